The maximum absolute atomic E-state index is 14.7. The molecule has 2 N–H and O–H groups in total. The third kappa shape index (κ3) is 5.70. The van der Waals surface area contributed by atoms with Gasteiger partial charge < -0.3 is 20.3 Å². The number of benzene rings is 2. The van der Waals surface area contributed by atoms with E-state index in [1.165, 1.54) is 12.1 Å². The molecule has 10 heteroatoms. The number of ether oxygens (including phenoxy) is 1. The summed E-state index contributed by atoms with van der Waals surface area (Å²) < 4.78 is 46.5. The van der Waals surface area contributed by atoms with Gasteiger partial charge in [-0.25, -0.2) is 13.2 Å². The minimum atomic E-state index is -2.88. The van der Waals surface area contributed by atoms with Gasteiger partial charge in [-0.1, -0.05) is 18.2 Å². The Morgan fingerprint density at radius 3 is 2.55 bits per heavy atom. The van der Waals surface area contributed by atoms with E-state index in [-0.39, 0.29) is 23.4 Å². The highest BCUT2D eigenvalue weighted by Crippen LogP contribution is 2.32. The maximum atomic E-state index is 14.7. The van der Waals surface area contributed by atoms with Crippen LogP contribution in [0.4, 0.5) is 24.5 Å². The van der Waals surface area contributed by atoms with Crippen LogP contribution in [0.1, 0.15) is 56.2 Å². The lowest BCUT2D eigenvalue weighted by Crippen LogP contribution is -2.47. The Labute approximate surface area is 219 Å². The van der Waals surface area contributed by atoms with Gasteiger partial charge in [-0.2, -0.15) is 10.2 Å². The smallest absolute Gasteiger partial charge is 0.266 e. The highest BCUT2D eigenvalue weighted by Gasteiger charge is 2.26. The van der Waals surface area contributed by atoms with Crippen LogP contribution in [-0.2, 0) is 9.53 Å². The summed E-state index contributed by atoms with van der Waals surface area (Å²) in [6, 6.07) is 9.55. The van der Waals surface area contributed by atoms with Crippen LogP contribution >= 0.6 is 0 Å². The molecule has 3 heterocycles. The summed E-state index contributed by atoms with van der Waals surface area (Å²) in [6.45, 7) is 4.62. The second kappa shape index (κ2) is 11.6. The third-order valence-corrected chi connectivity index (χ3v) is 7.55. The van der Waals surface area contributed by atoms with Crippen molar-refractivity contribution in [3.8, 4) is 0 Å². The van der Waals surface area contributed by atoms with Crippen LogP contribution in [0, 0.1) is 11.7 Å². The van der Waals surface area contributed by atoms with Crippen molar-refractivity contribution in [1.29, 1.82) is 0 Å². The van der Waals surface area contributed by atoms with Crippen molar-refractivity contribution >= 4 is 28.2 Å². The normalized spacial score (nSPS) is 18.1. The molecule has 2 aromatic carbocycles. The summed E-state index contributed by atoms with van der Waals surface area (Å²) in [7, 11) is 0. The van der Waals surface area contributed by atoms with Gasteiger partial charge in [-0.05, 0) is 50.8 Å². The second-order valence-electron chi connectivity index (χ2n) is 10.0. The van der Waals surface area contributed by atoms with Crippen LogP contribution in [-0.4, -0.2) is 48.4 Å². The Kier molecular flexibility index (Phi) is 7.97. The fourth-order valence-corrected chi connectivity index (χ4v) is 5.30. The summed E-state index contributed by atoms with van der Waals surface area (Å²) in [5.74, 6) is -0.722. The molecule has 7 nitrogen and oxygen atoms in total. The average molecular weight is 528 g/mol. The van der Waals surface area contributed by atoms with Crippen LogP contribution < -0.4 is 15.5 Å². The molecule has 2 saturated heterocycles. The van der Waals surface area contributed by atoms with Gasteiger partial charge in [0.15, 0.2) is 0 Å². The fourth-order valence-electron chi connectivity index (χ4n) is 5.30. The zero-order chi connectivity index (χ0) is 26.6. The predicted molar refractivity (Wildman–Crippen MR) is 140 cm³/mol. The molecule has 0 unspecified atom stereocenters. The van der Waals surface area contributed by atoms with E-state index >= 15 is 0 Å². The molecule has 0 saturated carbocycles. The molecule has 1 atom stereocenters. The second-order valence-corrected chi connectivity index (χ2v) is 10.0. The molecular formula is C28H32F3N5O2. The molecule has 0 radical (unpaired) electrons. The Balaban J connectivity index is 1.27. The molecule has 2 aliphatic heterocycles. The average Bonchev–Trinajstić information content (AvgIpc) is 2.94. The van der Waals surface area contributed by atoms with Crippen LogP contribution in [0.15, 0.2) is 42.6 Å². The number of anilines is 2. The van der Waals surface area contributed by atoms with E-state index in [1.807, 2.05) is 18.2 Å². The number of rotatable bonds is 7. The van der Waals surface area contributed by atoms with Crippen molar-refractivity contribution < 1.29 is 22.7 Å². The SMILES string of the molecule is C[C@@H](Nc1cnnc2ccc(N3CCC(NC(=O)C4CCOCC4)CC3)cc12)c1cccc(C(F)F)c1F. The van der Waals surface area contributed by atoms with Gasteiger partial charge in [0, 0.05) is 54.9 Å². The van der Waals surface area contributed by atoms with Crippen LogP contribution in [0.3, 0.4) is 0 Å². The molecule has 1 amide bonds. The van der Waals surface area contributed by atoms with Crippen molar-refractivity contribution in [1.82, 2.24) is 15.5 Å². The lowest BCUT2D eigenvalue weighted by molar-refractivity contribution is -0.128. The first-order chi connectivity index (χ1) is 18.4. The first-order valence-corrected chi connectivity index (χ1v) is 13.1. The van der Waals surface area contributed by atoms with E-state index in [0.717, 1.165) is 55.9 Å². The molecule has 38 heavy (non-hydrogen) atoms. The monoisotopic (exact) mass is 527 g/mol. The topological polar surface area (TPSA) is 79.4 Å². The molecule has 0 bridgehead atoms. The van der Waals surface area contributed by atoms with E-state index in [0.29, 0.717) is 24.4 Å². The highest BCUT2D eigenvalue weighted by atomic mass is 19.3. The number of hydrogen-bond donors (Lipinski definition) is 2. The summed E-state index contributed by atoms with van der Waals surface area (Å²) in [5.41, 5.74) is 1.88. The Morgan fingerprint density at radius 1 is 1.08 bits per heavy atom. The van der Waals surface area contributed by atoms with Crippen molar-refractivity contribution in [2.45, 2.75) is 51.1 Å². The standard InChI is InChI=1S/C28H32F3N5O2/c1-17(21-3-2-4-22(26(21)29)27(30)31)33-25-16-32-35-24-6-5-20(15-23(24)25)36-11-7-19(8-12-36)34-28(37)18-9-13-38-14-10-18/h2-6,15-19,27H,7-14H2,1H3,(H,33,35)(H,34,37)/t17-/m1/s1. The minimum Gasteiger partial charge on any atom is -0.381 e. The summed E-state index contributed by atoms with van der Waals surface area (Å²) >= 11 is 0. The lowest BCUT2D eigenvalue weighted by atomic mass is 9.97. The quantitative estimate of drug-likeness (QED) is 0.429. The maximum Gasteiger partial charge on any atom is 0.266 e. The number of fused-ring (bicyclic) bond motifs is 1. The zero-order valence-corrected chi connectivity index (χ0v) is 21.3. The molecule has 3 aromatic rings. The van der Waals surface area contributed by atoms with Crippen molar-refractivity contribution in [2.24, 2.45) is 5.92 Å². The van der Waals surface area contributed by atoms with Gasteiger partial charge in [0.05, 0.1) is 29.0 Å². The number of nitrogens with zero attached hydrogens (tertiary/aromatic N) is 3. The van der Waals surface area contributed by atoms with Crippen molar-refractivity contribution in [3.63, 3.8) is 0 Å². The molecule has 0 spiro atoms. The number of piperidine rings is 1. The first-order valence-electron chi connectivity index (χ1n) is 13.1. The molecule has 202 valence electrons. The summed E-state index contributed by atoms with van der Waals surface area (Å²) in [4.78, 5) is 14.9. The van der Waals surface area contributed by atoms with E-state index < -0.39 is 23.8 Å². The van der Waals surface area contributed by atoms with E-state index in [4.69, 9.17) is 4.74 Å². The number of carbonyl (C=O) groups is 1. The van der Waals surface area contributed by atoms with Crippen molar-refractivity contribution in [3.05, 3.63) is 59.5 Å². The van der Waals surface area contributed by atoms with Gasteiger partial charge in [-0.3, -0.25) is 4.79 Å². The molecule has 1 aromatic heterocycles. The van der Waals surface area contributed by atoms with E-state index in [1.54, 1.807) is 13.1 Å². The Morgan fingerprint density at radius 2 is 1.82 bits per heavy atom. The predicted octanol–water partition coefficient (Wildman–Crippen LogP) is 5.39. The van der Waals surface area contributed by atoms with Gasteiger partial charge in [-0.15, -0.1) is 0 Å². The van der Waals surface area contributed by atoms with Gasteiger partial charge in [0.1, 0.15) is 5.82 Å². The molecule has 2 fully saturated rings. The fraction of sp³-hybridized carbons (Fsp3) is 0.464. The Hall–Kier alpha value is -3.40. The van der Waals surface area contributed by atoms with Crippen LogP contribution in [0.5, 0.6) is 0 Å². The van der Waals surface area contributed by atoms with E-state index in [2.05, 4.69) is 25.7 Å². The van der Waals surface area contributed by atoms with Crippen molar-refractivity contribution in [2.75, 3.05) is 36.5 Å². The van der Waals surface area contributed by atoms with Gasteiger partial charge in [0.25, 0.3) is 6.43 Å². The number of halogens is 3. The Bertz CT molecular complexity index is 1280. The number of alkyl halides is 2. The number of amides is 1. The largest absolute Gasteiger partial charge is 0.381 e. The first kappa shape index (κ1) is 26.2. The lowest BCUT2D eigenvalue weighted by Gasteiger charge is -2.35. The third-order valence-electron chi connectivity index (χ3n) is 7.55. The number of carbonyl (C=O) groups excluding carboxylic acids is 1. The molecule has 0 aliphatic carbocycles. The van der Waals surface area contributed by atoms with Gasteiger partial charge in [0.2, 0.25) is 5.91 Å². The molecular weight excluding hydrogens is 495 g/mol. The van der Waals surface area contributed by atoms with Crippen LogP contribution in [0.2, 0.25) is 0 Å². The highest BCUT2D eigenvalue weighted by molar-refractivity contribution is 5.93. The molecule has 5 rings (SSSR count). The number of nitrogens with one attached hydrogen (secondary N) is 2. The minimum absolute atomic E-state index is 0.0445. The summed E-state index contributed by atoms with van der Waals surface area (Å²) in [5, 5.41) is 15.5. The van der Waals surface area contributed by atoms with E-state index in [9.17, 15) is 18.0 Å². The number of aromatic nitrogens is 2. The number of hydrogen-bond acceptors (Lipinski definition) is 6. The molecule has 2 aliphatic rings. The van der Waals surface area contributed by atoms with Gasteiger partial charge >= 0.3 is 0 Å². The zero-order valence-electron chi connectivity index (χ0n) is 21.3. The summed E-state index contributed by atoms with van der Waals surface area (Å²) in [6.07, 6.45) is 1.95. The van der Waals surface area contributed by atoms with Crippen LogP contribution in [0.25, 0.3) is 10.9 Å².